The van der Waals surface area contributed by atoms with Crippen molar-refractivity contribution in [1.29, 1.82) is 0 Å². The van der Waals surface area contributed by atoms with E-state index in [9.17, 15) is 9.59 Å². The van der Waals surface area contributed by atoms with Gasteiger partial charge < -0.3 is 11.1 Å². The van der Waals surface area contributed by atoms with E-state index in [1.54, 1.807) is 0 Å². The van der Waals surface area contributed by atoms with Gasteiger partial charge in [0.15, 0.2) is 0 Å². The van der Waals surface area contributed by atoms with Crippen molar-refractivity contribution in [3.05, 3.63) is 74.9 Å². The van der Waals surface area contributed by atoms with E-state index < -0.39 is 5.91 Å². The number of hydrogen-bond acceptors (Lipinski definition) is 4. The maximum absolute atomic E-state index is 12.9. The predicted octanol–water partition coefficient (Wildman–Crippen LogP) is 5.94. The molecule has 4 nitrogen and oxygen atoms in total. The predicted molar refractivity (Wildman–Crippen MR) is 118 cm³/mol. The molecule has 0 unspecified atom stereocenters. The van der Waals surface area contributed by atoms with Crippen LogP contribution in [0.2, 0.25) is 5.02 Å². The van der Waals surface area contributed by atoms with E-state index in [-0.39, 0.29) is 5.91 Å². The van der Waals surface area contributed by atoms with Crippen molar-refractivity contribution in [3.63, 3.8) is 0 Å². The van der Waals surface area contributed by atoms with Crippen LogP contribution in [0.4, 0.5) is 5.00 Å². The standard InChI is InChI=1S/C21H15ClN2O2S2/c1-11-15(12-7-3-2-4-8-12)16(19(23)25)21(27-11)24-20(26)18-17(22)13-9-5-6-10-14(13)28-18/h2-10H,1H3,(H2,23,25)(H,24,26). The molecule has 28 heavy (non-hydrogen) atoms. The van der Waals surface area contributed by atoms with Crippen LogP contribution < -0.4 is 11.1 Å². The van der Waals surface area contributed by atoms with E-state index in [0.29, 0.717) is 20.5 Å². The summed E-state index contributed by atoms with van der Waals surface area (Å²) in [5, 5.41) is 4.53. The van der Waals surface area contributed by atoms with Crippen LogP contribution in [-0.2, 0) is 0 Å². The quantitative estimate of drug-likeness (QED) is 0.423. The van der Waals surface area contributed by atoms with E-state index in [0.717, 1.165) is 26.1 Å². The van der Waals surface area contributed by atoms with Gasteiger partial charge in [0.05, 0.1) is 10.6 Å². The molecule has 2 aromatic carbocycles. The first-order valence-electron chi connectivity index (χ1n) is 8.44. The fourth-order valence-electron chi connectivity index (χ4n) is 3.14. The molecule has 7 heteroatoms. The lowest BCUT2D eigenvalue weighted by Crippen LogP contribution is -2.17. The van der Waals surface area contributed by atoms with Crippen molar-refractivity contribution in [2.24, 2.45) is 5.73 Å². The highest BCUT2D eigenvalue weighted by molar-refractivity contribution is 7.22. The van der Waals surface area contributed by atoms with Gasteiger partial charge in [0, 0.05) is 20.5 Å². The summed E-state index contributed by atoms with van der Waals surface area (Å²) in [5.41, 5.74) is 7.61. The third kappa shape index (κ3) is 3.20. The molecule has 0 spiro atoms. The molecule has 3 N–H and O–H groups in total. The highest BCUT2D eigenvalue weighted by Crippen LogP contribution is 2.41. The van der Waals surface area contributed by atoms with Crippen LogP contribution in [0.3, 0.4) is 0 Å². The minimum absolute atomic E-state index is 0.319. The Morgan fingerprint density at radius 1 is 1.00 bits per heavy atom. The highest BCUT2D eigenvalue weighted by Gasteiger charge is 2.24. The lowest BCUT2D eigenvalue weighted by Gasteiger charge is -2.06. The first kappa shape index (κ1) is 18.7. The summed E-state index contributed by atoms with van der Waals surface area (Å²) < 4.78 is 0.931. The molecule has 0 saturated carbocycles. The molecule has 0 radical (unpaired) electrons. The molecular formula is C21H15ClN2O2S2. The molecule has 0 bridgehead atoms. The van der Waals surface area contributed by atoms with Gasteiger partial charge in [-0.1, -0.05) is 60.1 Å². The molecule has 4 rings (SSSR count). The van der Waals surface area contributed by atoms with Crippen LogP contribution >= 0.6 is 34.3 Å². The number of primary amides is 1. The number of nitrogens with two attached hydrogens (primary N) is 1. The number of amides is 2. The Morgan fingerprint density at radius 2 is 1.68 bits per heavy atom. The van der Waals surface area contributed by atoms with Crippen LogP contribution in [0.25, 0.3) is 21.2 Å². The number of nitrogens with one attached hydrogen (secondary N) is 1. The molecule has 0 aliphatic carbocycles. The molecule has 2 aromatic heterocycles. The van der Waals surface area contributed by atoms with Gasteiger partial charge in [-0.25, -0.2) is 0 Å². The van der Waals surface area contributed by atoms with E-state index in [4.69, 9.17) is 17.3 Å². The minimum atomic E-state index is -0.582. The van der Waals surface area contributed by atoms with Crippen molar-refractivity contribution >= 4 is 61.2 Å². The third-order valence-corrected chi connectivity index (χ3v) is 7.06. The second-order valence-electron chi connectivity index (χ2n) is 6.16. The first-order valence-corrected chi connectivity index (χ1v) is 10.5. The number of thiophene rings is 2. The third-order valence-electron chi connectivity index (χ3n) is 4.36. The average molecular weight is 427 g/mol. The molecule has 0 aliphatic rings. The van der Waals surface area contributed by atoms with E-state index in [2.05, 4.69) is 5.32 Å². The number of hydrogen-bond donors (Lipinski definition) is 2. The fraction of sp³-hybridized carbons (Fsp3) is 0.0476. The summed E-state index contributed by atoms with van der Waals surface area (Å²) in [5.74, 6) is -0.935. The lowest BCUT2D eigenvalue weighted by molar-refractivity contribution is 0.100. The Bertz CT molecular complexity index is 1210. The Balaban J connectivity index is 1.76. The SMILES string of the molecule is Cc1sc(NC(=O)c2sc3ccccc3c2Cl)c(C(N)=O)c1-c1ccccc1. The summed E-state index contributed by atoms with van der Waals surface area (Å²) in [6, 6.07) is 17.1. The van der Waals surface area contributed by atoms with Gasteiger partial charge in [-0.05, 0) is 18.6 Å². The molecular weight excluding hydrogens is 412 g/mol. The second-order valence-corrected chi connectivity index (χ2v) is 8.82. The van der Waals surface area contributed by atoms with Crippen molar-refractivity contribution in [2.75, 3.05) is 5.32 Å². The normalized spacial score (nSPS) is 10.9. The summed E-state index contributed by atoms with van der Waals surface area (Å²) >= 11 is 9.06. The van der Waals surface area contributed by atoms with Gasteiger partial charge in [-0.15, -0.1) is 22.7 Å². The maximum Gasteiger partial charge on any atom is 0.267 e. The zero-order valence-corrected chi connectivity index (χ0v) is 17.2. The lowest BCUT2D eigenvalue weighted by atomic mass is 10.0. The summed E-state index contributed by atoms with van der Waals surface area (Å²) in [7, 11) is 0. The largest absolute Gasteiger partial charge is 0.365 e. The Kier molecular flexibility index (Phi) is 4.93. The molecule has 140 valence electrons. The zero-order valence-electron chi connectivity index (χ0n) is 14.8. The van der Waals surface area contributed by atoms with Crippen molar-refractivity contribution in [2.45, 2.75) is 6.92 Å². The number of anilines is 1. The summed E-state index contributed by atoms with van der Waals surface area (Å²) in [6.07, 6.45) is 0. The minimum Gasteiger partial charge on any atom is -0.365 e. The highest BCUT2D eigenvalue weighted by atomic mass is 35.5. The van der Waals surface area contributed by atoms with Gasteiger partial charge in [-0.3, -0.25) is 9.59 Å². The molecule has 2 heterocycles. The van der Waals surface area contributed by atoms with Gasteiger partial charge in [0.1, 0.15) is 9.88 Å². The molecule has 2 amide bonds. The van der Waals surface area contributed by atoms with Crippen LogP contribution in [-0.4, -0.2) is 11.8 Å². The van der Waals surface area contributed by atoms with Crippen molar-refractivity contribution < 1.29 is 9.59 Å². The van der Waals surface area contributed by atoms with E-state index in [1.807, 2.05) is 61.5 Å². The maximum atomic E-state index is 12.9. The number of benzene rings is 2. The molecule has 4 aromatic rings. The molecule has 0 fully saturated rings. The number of carbonyl (C=O) groups is 2. The summed E-state index contributed by atoms with van der Waals surface area (Å²) in [6.45, 7) is 1.90. The van der Waals surface area contributed by atoms with E-state index >= 15 is 0 Å². The van der Waals surface area contributed by atoms with Gasteiger partial charge in [0.25, 0.3) is 11.8 Å². The van der Waals surface area contributed by atoms with Gasteiger partial charge in [0.2, 0.25) is 0 Å². The Hall–Kier alpha value is -2.67. The van der Waals surface area contributed by atoms with Gasteiger partial charge in [-0.2, -0.15) is 0 Å². The number of fused-ring (bicyclic) bond motifs is 1. The number of aryl methyl sites for hydroxylation is 1. The van der Waals surface area contributed by atoms with Gasteiger partial charge >= 0.3 is 0 Å². The van der Waals surface area contributed by atoms with Crippen LogP contribution in [0.15, 0.2) is 54.6 Å². The number of carbonyl (C=O) groups excluding carboxylic acids is 2. The smallest absolute Gasteiger partial charge is 0.267 e. The van der Waals surface area contributed by atoms with Crippen molar-refractivity contribution in [1.82, 2.24) is 0 Å². The molecule has 0 saturated heterocycles. The Labute approximate surface area is 174 Å². The van der Waals surface area contributed by atoms with E-state index in [1.165, 1.54) is 22.7 Å². The molecule has 0 aliphatic heterocycles. The molecule has 0 atom stereocenters. The topological polar surface area (TPSA) is 72.2 Å². The number of rotatable bonds is 4. The van der Waals surface area contributed by atoms with Crippen LogP contribution in [0.1, 0.15) is 24.9 Å². The fourth-order valence-corrected chi connectivity index (χ4v) is 5.63. The zero-order chi connectivity index (χ0) is 19.8. The monoisotopic (exact) mass is 426 g/mol. The number of halogens is 1. The average Bonchev–Trinajstić information content (AvgIpc) is 3.20. The van der Waals surface area contributed by atoms with Crippen LogP contribution in [0, 0.1) is 6.92 Å². The summed E-state index contributed by atoms with van der Waals surface area (Å²) in [4.78, 5) is 26.4. The van der Waals surface area contributed by atoms with Crippen LogP contribution in [0.5, 0.6) is 0 Å². The van der Waals surface area contributed by atoms with Crippen molar-refractivity contribution in [3.8, 4) is 11.1 Å². The first-order chi connectivity index (χ1) is 13.5. The second kappa shape index (κ2) is 7.39. The Morgan fingerprint density at radius 3 is 2.36 bits per heavy atom.